The Morgan fingerprint density at radius 1 is 1.18 bits per heavy atom. The van der Waals surface area contributed by atoms with Crippen LogP contribution >= 0.6 is 11.3 Å². The molecule has 1 unspecified atom stereocenters. The highest BCUT2D eigenvalue weighted by molar-refractivity contribution is 7.92. The van der Waals surface area contributed by atoms with Crippen molar-refractivity contribution < 1.29 is 27.5 Å². The smallest absolute Gasteiger partial charge is 0.253 e. The van der Waals surface area contributed by atoms with Gasteiger partial charge >= 0.3 is 0 Å². The van der Waals surface area contributed by atoms with Crippen molar-refractivity contribution in [1.29, 1.82) is 0 Å². The van der Waals surface area contributed by atoms with Gasteiger partial charge in [-0.2, -0.15) is 0 Å². The van der Waals surface area contributed by atoms with Crippen molar-refractivity contribution in [3.63, 3.8) is 0 Å². The Morgan fingerprint density at radius 3 is 2.59 bits per heavy atom. The Balaban J connectivity index is 1.68. The molecular formula is C27H32N4O6S2. The number of amides is 3. The van der Waals surface area contributed by atoms with Gasteiger partial charge in [0.05, 0.1) is 29.1 Å². The number of nitrogens with zero attached hydrogens (tertiary/aromatic N) is 2. The molecule has 2 N–H and O–H groups in total. The Kier molecular flexibility index (Phi) is 8.67. The second-order valence-corrected chi connectivity index (χ2v) is 13.0. The summed E-state index contributed by atoms with van der Waals surface area (Å²) < 4.78 is 32.1. The topological polar surface area (TPSA) is 135 Å². The third-order valence-electron chi connectivity index (χ3n) is 6.34. The molecule has 208 valence electrons. The fourth-order valence-corrected chi connectivity index (χ4v) is 7.07. The summed E-state index contributed by atoms with van der Waals surface area (Å²) in [4.78, 5) is 43.8. The number of hydrogen-bond acceptors (Lipinski definition) is 8. The summed E-state index contributed by atoms with van der Waals surface area (Å²) in [5.74, 6) is -1.65. The summed E-state index contributed by atoms with van der Waals surface area (Å²) >= 11 is 1.11. The first-order valence-corrected chi connectivity index (χ1v) is 15.0. The highest BCUT2D eigenvalue weighted by Crippen LogP contribution is 2.36. The molecule has 0 saturated heterocycles. The van der Waals surface area contributed by atoms with Gasteiger partial charge in [0.15, 0.2) is 15.1 Å². The van der Waals surface area contributed by atoms with Crippen molar-refractivity contribution in [2.75, 3.05) is 40.1 Å². The van der Waals surface area contributed by atoms with E-state index >= 15 is 0 Å². The molecular weight excluding hydrogens is 540 g/mol. The van der Waals surface area contributed by atoms with Gasteiger partial charge in [-0.25, -0.2) is 13.4 Å². The summed E-state index contributed by atoms with van der Waals surface area (Å²) in [6.45, 7) is 1.51. The molecule has 2 aromatic carbocycles. The molecule has 3 aromatic rings. The van der Waals surface area contributed by atoms with Crippen molar-refractivity contribution in [1.82, 2.24) is 20.5 Å². The standard InChI is InChI=1S/C27H32N4O6S2/c1-16-12-21-22(14-20(16)17-6-5-7-18(13-17)27(34)31(2)3)38-26(30-21)24(39(35,36)11-10-37-4)25(33)28-15-23(32)29-19-8-9-19/h5-7,12-14,19,24H,8-11,15H2,1-4H3,(H,28,33)(H,29,32). The van der Waals surface area contributed by atoms with Crippen LogP contribution in [0.4, 0.5) is 0 Å². The lowest BCUT2D eigenvalue weighted by Gasteiger charge is -2.15. The number of fused-ring (bicyclic) bond motifs is 1. The van der Waals surface area contributed by atoms with E-state index in [9.17, 15) is 22.8 Å². The number of benzene rings is 2. The lowest BCUT2D eigenvalue weighted by Crippen LogP contribution is -2.41. The number of methoxy groups -OCH3 is 1. The first-order valence-electron chi connectivity index (χ1n) is 12.5. The maximum absolute atomic E-state index is 13.2. The summed E-state index contributed by atoms with van der Waals surface area (Å²) in [6, 6.07) is 11.1. The van der Waals surface area contributed by atoms with Gasteiger partial charge in [-0.1, -0.05) is 12.1 Å². The van der Waals surface area contributed by atoms with Crippen LogP contribution in [0.1, 0.15) is 39.0 Å². The second kappa shape index (κ2) is 11.8. The van der Waals surface area contributed by atoms with E-state index < -0.39 is 21.0 Å². The largest absolute Gasteiger partial charge is 0.384 e. The van der Waals surface area contributed by atoms with Crippen molar-refractivity contribution in [2.45, 2.75) is 31.1 Å². The minimum atomic E-state index is -4.00. The summed E-state index contributed by atoms with van der Waals surface area (Å²) in [5.41, 5.74) is 3.69. The summed E-state index contributed by atoms with van der Waals surface area (Å²) in [7, 11) is 0.768. The molecule has 12 heteroatoms. The monoisotopic (exact) mass is 572 g/mol. The maximum Gasteiger partial charge on any atom is 0.253 e. The van der Waals surface area contributed by atoms with E-state index in [1.165, 1.54) is 12.0 Å². The zero-order valence-corrected chi connectivity index (χ0v) is 23.9. The summed E-state index contributed by atoms with van der Waals surface area (Å²) in [5, 5.41) is 3.78. The van der Waals surface area contributed by atoms with Crippen molar-refractivity contribution >= 4 is 49.1 Å². The fraction of sp³-hybridized carbons (Fsp3) is 0.407. The predicted octanol–water partition coefficient (Wildman–Crippen LogP) is 2.47. The molecule has 4 rings (SSSR count). The zero-order valence-electron chi connectivity index (χ0n) is 22.3. The van der Waals surface area contributed by atoms with Gasteiger partial charge in [0.1, 0.15) is 5.01 Å². The first-order chi connectivity index (χ1) is 18.5. The van der Waals surface area contributed by atoms with E-state index in [-0.39, 0.29) is 41.8 Å². The van der Waals surface area contributed by atoms with E-state index in [0.717, 1.165) is 40.9 Å². The van der Waals surface area contributed by atoms with Gasteiger partial charge in [-0.15, -0.1) is 11.3 Å². The number of hydrogen-bond donors (Lipinski definition) is 2. The van der Waals surface area contributed by atoms with Gasteiger partial charge in [0, 0.05) is 32.8 Å². The lowest BCUT2D eigenvalue weighted by atomic mass is 9.98. The molecule has 39 heavy (non-hydrogen) atoms. The predicted molar refractivity (Wildman–Crippen MR) is 150 cm³/mol. The quantitative estimate of drug-likeness (QED) is 0.360. The van der Waals surface area contributed by atoms with Crippen LogP contribution in [-0.2, 0) is 24.2 Å². The van der Waals surface area contributed by atoms with E-state index in [1.807, 2.05) is 37.3 Å². The SMILES string of the molecule is COCCS(=O)(=O)C(C(=O)NCC(=O)NC1CC1)c1nc2cc(C)c(-c3cccc(C(=O)N(C)C)c3)cc2s1. The van der Waals surface area contributed by atoms with Crippen LogP contribution in [0.5, 0.6) is 0 Å². The third kappa shape index (κ3) is 6.81. The number of sulfone groups is 1. The van der Waals surface area contributed by atoms with Crippen LogP contribution in [0.3, 0.4) is 0 Å². The number of ether oxygens (including phenoxy) is 1. The molecule has 1 aliphatic rings. The van der Waals surface area contributed by atoms with Crippen LogP contribution < -0.4 is 10.6 Å². The number of carbonyl (C=O) groups is 3. The van der Waals surface area contributed by atoms with Crippen LogP contribution in [0.15, 0.2) is 36.4 Å². The van der Waals surface area contributed by atoms with Gasteiger partial charge in [-0.05, 0) is 60.7 Å². The third-order valence-corrected chi connectivity index (χ3v) is 9.46. The molecule has 1 aromatic heterocycles. The molecule has 1 heterocycles. The molecule has 0 spiro atoms. The number of aromatic nitrogens is 1. The first kappa shape index (κ1) is 28.7. The van der Waals surface area contributed by atoms with Crippen molar-refractivity contribution in [3.8, 4) is 11.1 Å². The van der Waals surface area contributed by atoms with Crippen molar-refractivity contribution in [3.05, 3.63) is 52.5 Å². The number of thiazole rings is 1. The molecule has 1 atom stereocenters. The van der Waals surface area contributed by atoms with E-state index in [1.54, 1.807) is 20.2 Å². The average molecular weight is 573 g/mol. The van der Waals surface area contributed by atoms with E-state index in [4.69, 9.17) is 4.74 Å². The molecule has 0 radical (unpaired) electrons. The molecule has 1 fully saturated rings. The molecule has 1 aliphatic carbocycles. The summed E-state index contributed by atoms with van der Waals surface area (Å²) in [6.07, 6.45) is 1.80. The molecule has 0 bridgehead atoms. The number of carbonyl (C=O) groups excluding carboxylic acids is 3. The maximum atomic E-state index is 13.2. The number of aryl methyl sites for hydroxylation is 1. The Morgan fingerprint density at radius 2 is 1.92 bits per heavy atom. The van der Waals surface area contributed by atoms with Crippen LogP contribution in [-0.4, -0.2) is 82.2 Å². The molecule has 1 saturated carbocycles. The van der Waals surface area contributed by atoms with Crippen LogP contribution in [0.25, 0.3) is 21.3 Å². The number of rotatable bonds is 11. The van der Waals surface area contributed by atoms with Crippen LogP contribution in [0, 0.1) is 6.92 Å². The minimum Gasteiger partial charge on any atom is -0.384 e. The van der Waals surface area contributed by atoms with E-state index in [2.05, 4.69) is 15.6 Å². The number of nitrogens with one attached hydrogen (secondary N) is 2. The highest BCUT2D eigenvalue weighted by Gasteiger charge is 2.37. The van der Waals surface area contributed by atoms with Gasteiger partial charge in [0.2, 0.25) is 11.8 Å². The van der Waals surface area contributed by atoms with Gasteiger partial charge in [0.25, 0.3) is 5.91 Å². The fourth-order valence-electron chi connectivity index (χ4n) is 4.11. The normalized spacial score (nSPS) is 14.2. The molecule has 0 aliphatic heterocycles. The minimum absolute atomic E-state index is 0.0789. The molecule has 3 amide bonds. The van der Waals surface area contributed by atoms with E-state index in [0.29, 0.717) is 15.8 Å². The zero-order chi connectivity index (χ0) is 28.3. The van der Waals surface area contributed by atoms with Crippen LogP contribution in [0.2, 0.25) is 0 Å². The molecule has 10 nitrogen and oxygen atoms in total. The lowest BCUT2D eigenvalue weighted by molar-refractivity contribution is -0.126. The highest BCUT2D eigenvalue weighted by atomic mass is 32.2. The Hall–Kier alpha value is -3.35. The second-order valence-electron chi connectivity index (χ2n) is 9.77. The Bertz CT molecular complexity index is 1510. The Labute approximate surface area is 231 Å². The van der Waals surface area contributed by atoms with Gasteiger partial charge in [-0.3, -0.25) is 14.4 Å². The van der Waals surface area contributed by atoms with Gasteiger partial charge < -0.3 is 20.3 Å². The van der Waals surface area contributed by atoms with Crippen molar-refractivity contribution in [2.24, 2.45) is 0 Å². The average Bonchev–Trinajstić information content (AvgIpc) is 3.62.